The molecule has 5 heteroatoms. The van der Waals surface area contributed by atoms with Crippen molar-refractivity contribution < 1.29 is 14.7 Å². The van der Waals surface area contributed by atoms with Crippen LogP contribution in [0.5, 0.6) is 0 Å². The van der Waals surface area contributed by atoms with E-state index >= 15 is 0 Å². The van der Waals surface area contributed by atoms with Crippen LogP contribution in [0.1, 0.15) is 18.1 Å². The number of benzene rings is 1. The van der Waals surface area contributed by atoms with Gasteiger partial charge in [-0.2, -0.15) is 0 Å². The molecule has 0 spiro atoms. The fourth-order valence-corrected chi connectivity index (χ4v) is 1.35. The molecule has 0 amide bonds. The van der Waals surface area contributed by atoms with Gasteiger partial charge in [-0.1, -0.05) is 29.4 Å². The lowest BCUT2D eigenvalue weighted by molar-refractivity contribution is -0.000125. The van der Waals surface area contributed by atoms with Crippen LogP contribution in [0.3, 0.4) is 0 Å². The van der Waals surface area contributed by atoms with E-state index in [1.807, 2.05) is 19.1 Å². The van der Waals surface area contributed by atoms with Crippen molar-refractivity contribution in [2.75, 3.05) is 13.7 Å². The standard InChI is InChI=1S/C12H18N2O3/c1-9(7-16-2)17-8-10-3-5-11(6-4-10)12(13)14-15/h3-6,9,15H,7-8H2,1-2H3,(H2,13,14). The third kappa shape index (κ3) is 4.42. The number of rotatable bonds is 6. The topological polar surface area (TPSA) is 77.1 Å². The van der Waals surface area contributed by atoms with Crippen LogP contribution in [0.15, 0.2) is 29.4 Å². The normalized spacial score (nSPS) is 13.6. The zero-order chi connectivity index (χ0) is 12.7. The fraction of sp³-hybridized carbons (Fsp3) is 0.417. The van der Waals surface area contributed by atoms with E-state index in [4.69, 9.17) is 20.4 Å². The first-order valence-electron chi connectivity index (χ1n) is 5.34. The summed E-state index contributed by atoms with van der Waals surface area (Å²) in [5.74, 6) is 0.102. The maximum Gasteiger partial charge on any atom is 0.170 e. The highest BCUT2D eigenvalue weighted by atomic mass is 16.5. The Morgan fingerprint density at radius 1 is 1.41 bits per heavy atom. The Bertz CT molecular complexity index is 363. The summed E-state index contributed by atoms with van der Waals surface area (Å²) in [7, 11) is 1.64. The number of amidine groups is 1. The van der Waals surface area contributed by atoms with Gasteiger partial charge in [0.1, 0.15) is 0 Å². The zero-order valence-corrected chi connectivity index (χ0v) is 10.1. The van der Waals surface area contributed by atoms with Crippen molar-refractivity contribution in [1.29, 1.82) is 0 Å². The molecule has 1 unspecified atom stereocenters. The molecule has 0 bridgehead atoms. The van der Waals surface area contributed by atoms with Crippen molar-refractivity contribution in [2.24, 2.45) is 10.9 Å². The second kappa shape index (κ2) is 6.88. The minimum absolute atomic E-state index is 0.0590. The van der Waals surface area contributed by atoms with Gasteiger partial charge in [-0.15, -0.1) is 0 Å². The van der Waals surface area contributed by atoms with Crippen molar-refractivity contribution in [3.8, 4) is 0 Å². The van der Waals surface area contributed by atoms with Crippen LogP contribution in [0.4, 0.5) is 0 Å². The van der Waals surface area contributed by atoms with Gasteiger partial charge < -0.3 is 20.4 Å². The van der Waals surface area contributed by atoms with E-state index in [2.05, 4.69) is 5.16 Å². The maximum atomic E-state index is 8.52. The molecule has 17 heavy (non-hydrogen) atoms. The van der Waals surface area contributed by atoms with E-state index in [1.165, 1.54) is 0 Å². The molecule has 1 aromatic carbocycles. The average Bonchev–Trinajstić information content (AvgIpc) is 2.36. The molecule has 0 aliphatic heterocycles. The molecule has 0 fully saturated rings. The van der Waals surface area contributed by atoms with Gasteiger partial charge in [0.15, 0.2) is 5.84 Å². The quantitative estimate of drug-likeness (QED) is 0.339. The van der Waals surface area contributed by atoms with Crippen molar-refractivity contribution >= 4 is 5.84 Å². The number of nitrogens with two attached hydrogens (primary N) is 1. The van der Waals surface area contributed by atoms with Gasteiger partial charge in [0.25, 0.3) is 0 Å². The van der Waals surface area contributed by atoms with E-state index in [0.29, 0.717) is 18.8 Å². The highest BCUT2D eigenvalue weighted by Crippen LogP contribution is 2.07. The number of nitrogens with zero attached hydrogens (tertiary/aromatic N) is 1. The Kier molecular flexibility index (Phi) is 5.45. The summed E-state index contributed by atoms with van der Waals surface area (Å²) >= 11 is 0. The first kappa shape index (κ1) is 13.5. The highest BCUT2D eigenvalue weighted by molar-refractivity contribution is 5.96. The van der Waals surface area contributed by atoms with Crippen LogP contribution >= 0.6 is 0 Å². The smallest absolute Gasteiger partial charge is 0.170 e. The molecule has 0 radical (unpaired) electrons. The van der Waals surface area contributed by atoms with Crippen LogP contribution in [0.2, 0.25) is 0 Å². The summed E-state index contributed by atoms with van der Waals surface area (Å²) in [5.41, 5.74) is 7.17. The number of methoxy groups -OCH3 is 1. The molecule has 1 aromatic rings. The number of hydrogen-bond donors (Lipinski definition) is 2. The van der Waals surface area contributed by atoms with Crippen LogP contribution in [-0.4, -0.2) is 30.9 Å². The molecule has 0 aliphatic carbocycles. The van der Waals surface area contributed by atoms with Crippen molar-refractivity contribution in [3.05, 3.63) is 35.4 Å². The SMILES string of the molecule is COCC(C)OCc1ccc(C(N)=NO)cc1. The van der Waals surface area contributed by atoms with Gasteiger partial charge >= 0.3 is 0 Å². The number of hydrogen-bond acceptors (Lipinski definition) is 4. The highest BCUT2D eigenvalue weighted by Gasteiger charge is 2.03. The molecule has 94 valence electrons. The largest absolute Gasteiger partial charge is 0.409 e. The van der Waals surface area contributed by atoms with Gasteiger partial charge in [-0.25, -0.2) is 0 Å². The zero-order valence-electron chi connectivity index (χ0n) is 10.1. The van der Waals surface area contributed by atoms with E-state index in [-0.39, 0.29) is 11.9 Å². The predicted molar refractivity (Wildman–Crippen MR) is 65.1 cm³/mol. The Morgan fingerprint density at radius 2 is 2.06 bits per heavy atom. The molecule has 5 nitrogen and oxygen atoms in total. The maximum absolute atomic E-state index is 8.52. The van der Waals surface area contributed by atoms with Crippen molar-refractivity contribution in [2.45, 2.75) is 19.6 Å². The molecular formula is C12H18N2O3. The molecule has 0 aliphatic rings. The molecule has 3 N–H and O–H groups in total. The summed E-state index contributed by atoms with van der Waals surface area (Å²) in [6, 6.07) is 7.34. The summed E-state index contributed by atoms with van der Waals surface area (Å²) in [6.45, 7) is 3.04. The van der Waals surface area contributed by atoms with Gasteiger partial charge in [0.2, 0.25) is 0 Å². The molecule has 1 rings (SSSR count). The van der Waals surface area contributed by atoms with Gasteiger partial charge in [-0.05, 0) is 12.5 Å². The van der Waals surface area contributed by atoms with Crippen LogP contribution < -0.4 is 5.73 Å². The first-order chi connectivity index (χ1) is 8.17. The molecule has 0 saturated carbocycles. The van der Waals surface area contributed by atoms with E-state index < -0.39 is 0 Å². The van der Waals surface area contributed by atoms with Gasteiger partial charge in [-0.3, -0.25) is 0 Å². The fourth-order valence-electron chi connectivity index (χ4n) is 1.35. The second-order valence-corrected chi connectivity index (χ2v) is 3.76. The van der Waals surface area contributed by atoms with Crippen LogP contribution in [-0.2, 0) is 16.1 Å². The Labute approximate surface area is 101 Å². The number of ether oxygens (including phenoxy) is 2. The summed E-state index contributed by atoms with van der Waals surface area (Å²) < 4.78 is 10.5. The lowest BCUT2D eigenvalue weighted by Gasteiger charge is -2.12. The average molecular weight is 238 g/mol. The van der Waals surface area contributed by atoms with E-state index in [9.17, 15) is 0 Å². The summed E-state index contributed by atoms with van der Waals surface area (Å²) in [4.78, 5) is 0. The second-order valence-electron chi connectivity index (χ2n) is 3.76. The minimum Gasteiger partial charge on any atom is -0.409 e. The molecular weight excluding hydrogens is 220 g/mol. The van der Waals surface area contributed by atoms with Crippen molar-refractivity contribution in [1.82, 2.24) is 0 Å². The Morgan fingerprint density at radius 3 is 2.59 bits per heavy atom. The minimum atomic E-state index is 0.0590. The van der Waals surface area contributed by atoms with E-state index in [1.54, 1.807) is 19.2 Å². The third-order valence-electron chi connectivity index (χ3n) is 2.29. The Hall–Kier alpha value is -1.59. The third-order valence-corrected chi connectivity index (χ3v) is 2.29. The lowest BCUT2D eigenvalue weighted by atomic mass is 10.1. The molecule has 0 aromatic heterocycles. The lowest BCUT2D eigenvalue weighted by Crippen LogP contribution is -2.15. The molecule has 1 atom stereocenters. The summed E-state index contributed by atoms with van der Waals surface area (Å²) in [6.07, 6.45) is 0.0590. The van der Waals surface area contributed by atoms with Gasteiger partial charge in [0, 0.05) is 12.7 Å². The molecule has 0 heterocycles. The van der Waals surface area contributed by atoms with E-state index in [0.717, 1.165) is 5.56 Å². The Balaban J connectivity index is 2.51. The number of oxime groups is 1. The summed E-state index contributed by atoms with van der Waals surface area (Å²) in [5, 5.41) is 11.5. The molecule has 0 saturated heterocycles. The first-order valence-corrected chi connectivity index (χ1v) is 5.34. The van der Waals surface area contributed by atoms with Gasteiger partial charge in [0.05, 0.1) is 19.3 Å². The predicted octanol–water partition coefficient (Wildman–Crippen LogP) is 1.33. The van der Waals surface area contributed by atoms with Crippen LogP contribution in [0.25, 0.3) is 0 Å². The van der Waals surface area contributed by atoms with Crippen LogP contribution in [0, 0.1) is 0 Å². The monoisotopic (exact) mass is 238 g/mol. The van der Waals surface area contributed by atoms with Crippen molar-refractivity contribution in [3.63, 3.8) is 0 Å².